The number of hydrogen-bond acceptors (Lipinski definition) is 5. The molecule has 3 nitrogen and oxygen atoms in total. The first-order valence-corrected chi connectivity index (χ1v) is 8.90. The van der Waals surface area contributed by atoms with Crippen LogP contribution in [0.5, 0.6) is 0 Å². The Balaban J connectivity index is 1.74. The second kappa shape index (κ2) is 5.54. The topological polar surface area (TPSA) is 39.2 Å². The summed E-state index contributed by atoms with van der Waals surface area (Å²) in [6.07, 6.45) is 3.97. The first kappa shape index (κ1) is 13.6. The molecule has 0 N–H and O–H groups in total. The molecular weight excluding hydrogens is 278 g/mol. The summed E-state index contributed by atoms with van der Waals surface area (Å²) in [7, 11) is 0. The summed E-state index contributed by atoms with van der Waals surface area (Å²) in [6.45, 7) is 2.66. The van der Waals surface area contributed by atoms with Crippen LogP contribution in [0.1, 0.15) is 41.0 Å². The Hall–Kier alpha value is -0.390. The van der Waals surface area contributed by atoms with E-state index in [1.54, 1.807) is 5.51 Å². The summed E-state index contributed by atoms with van der Waals surface area (Å²) in [4.78, 5) is 17.7. The van der Waals surface area contributed by atoms with Gasteiger partial charge in [0.05, 0.1) is 21.7 Å². The second-order valence-electron chi connectivity index (χ2n) is 5.46. The summed E-state index contributed by atoms with van der Waals surface area (Å²) < 4.78 is 6.06. The van der Waals surface area contributed by atoms with Crippen molar-refractivity contribution in [3.05, 3.63) is 16.1 Å². The van der Waals surface area contributed by atoms with Gasteiger partial charge >= 0.3 is 0 Å². The summed E-state index contributed by atoms with van der Waals surface area (Å²) in [5.41, 5.74) is 2.65. The number of rotatable bonds is 2. The molecule has 1 aromatic rings. The predicted octanol–water partition coefficient (Wildman–Crippen LogP) is 3.33. The quantitative estimate of drug-likeness (QED) is 0.785. The fraction of sp³-hybridized carbons (Fsp3) is 0.714. The van der Waals surface area contributed by atoms with E-state index in [0.29, 0.717) is 5.78 Å². The van der Waals surface area contributed by atoms with Crippen LogP contribution in [0.25, 0.3) is 0 Å². The third kappa shape index (κ3) is 2.73. The van der Waals surface area contributed by atoms with Crippen LogP contribution in [0.15, 0.2) is 5.51 Å². The van der Waals surface area contributed by atoms with Crippen molar-refractivity contribution in [1.29, 1.82) is 0 Å². The molecule has 0 aliphatic carbocycles. The molecule has 1 unspecified atom stereocenters. The third-order valence-corrected chi connectivity index (χ3v) is 6.17. The van der Waals surface area contributed by atoms with Crippen molar-refractivity contribution >= 4 is 28.9 Å². The number of Topliss-reactive ketones (excluding diaryl/α,β-unsaturated/α-hetero) is 1. The Morgan fingerprint density at radius 3 is 2.95 bits per heavy atom. The molecule has 104 valence electrons. The van der Waals surface area contributed by atoms with Gasteiger partial charge in [0.15, 0.2) is 5.78 Å². The summed E-state index contributed by atoms with van der Waals surface area (Å²) >= 11 is 3.48. The second-order valence-corrected chi connectivity index (χ2v) is 7.54. The Morgan fingerprint density at radius 1 is 1.47 bits per heavy atom. The fourth-order valence-electron chi connectivity index (χ4n) is 3.07. The van der Waals surface area contributed by atoms with Gasteiger partial charge in [-0.1, -0.05) is 0 Å². The van der Waals surface area contributed by atoms with Gasteiger partial charge in [-0.25, -0.2) is 4.98 Å². The minimum absolute atomic E-state index is 0.0115. The standard InChI is InChI=1S/C14H19NO2S2/c1-10-13(19-9-15-10)12(16)11-2-5-17-14(8-11)3-6-18-7-4-14/h9,11H,2-8H2,1H3. The number of thioether (sulfide) groups is 1. The molecule has 2 saturated heterocycles. The van der Waals surface area contributed by atoms with E-state index in [4.69, 9.17) is 4.74 Å². The van der Waals surface area contributed by atoms with Crippen LogP contribution < -0.4 is 0 Å². The molecule has 19 heavy (non-hydrogen) atoms. The highest BCUT2D eigenvalue weighted by Crippen LogP contribution is 2.41. The molecule has 0 radical (unpaired) electrons. The van der Waals surface area contributed by atoms with Gasteiger partial charge in [0.1, 0.15) is 0 Å². The number of aryl methyl sites for hydroxylation is 1. The van der Waals surface area contributed by atoms with Crippen molar-refractivity contribution in [2.75, 3.05) is 18.1 Å². The number of ketones is 1. The highest BCUT2D eigenvalue weighted by Gasteiger charge is 2.41. The lowest BCUT2D eigenvalue weighted by Crippen LogP contribution is -2.44. The van der Waals surface area contributed by atoms with Crippen molar-refractivity contribution in [3.8, 4) is 0 Å². The lowest BCUT2D eigenvalue weighted by atomic mass is 9.79. The number of aromatic nitrogens is 1. The lowest BCUT2D eigenvalue weighted by Gasteiger charge is -2.42. The summed E-state index contributed by atoms with van der Waals surface area (Å²) in [6, 6.07) is 0. The van der Waals surface area contributed by atoms with Gasteiger partial charge in [-0.3, -0.25) is 4.79 Å². The average Bonchev–Trinajstić information content (AvgIpc) is 2.85. The molecule has 3 rings (SSSR count). The zero-order valence-electron chi connectivity index (χ0n) is 11.2. The maximum atomic E-state index is 12.6. The molecule has 1 spiro atoms. The van der Waals surface area contributed by atoms with Crippen LogP contribution in [0, 0.1) is 12.8 Å². The number of ether oxygens (including phenoxy) is 1. The number of thiazole rings is 1. The molecule has 2 aliphatic rings. The number of hydrogen-bond donors (Lipinski definition) is 0. The van der Waals surface area contributed by atoms with Crippen molar-refractivity contribution in [3.63, 3.8) is 0 Å². The molecule has 0 saturated carbocycles. The molecule has 5 heteroatoms. The summed E-state index contributed by atoms with van der Waals surface area (Å²) in [5, 5.41) is 0. The molecule has 0 amide bonds. The minimum Gasteiger partial charge on any atom is -0.375 e. The Labute approximate surface area is 122 Å². The number of nitrogens with zero attached hydrogens (tertiary/aromatic N) is 1. The van der Waals surface area contributed by atoms with Crippen molar-refractivity contribution < 1.29 is 9.53 Å². The maximum Gasteiger partial charge on any atom is 0.177 e. The zero-order chi connectivity index (χ0) is 13.3. The van der Waals surface area contributed by atoms with Gasteiger partial charge in [0.2, 0.25) is 0 Å². The van der Waals surface area contributed by atoms with E-state index >= 15 is 0 Å². The van der Waals surface area contributed by atoms with Gasteiger partial charge in [-0.2, -0.15) is 11.8 Å². The molecule has 3 heterocycles. The number of carbonyl (C=O) groups is 1. The molecular formula is C14H19NO2S2. The Kier molecular flexibility index (Phi) is 3.96. The van der Waals surface area contributed by atoms with Crippen molar-refractivity contribution in [1.82, 2.24) is 4.98 Å². The molecule has 2 aliphatic heterocycles. The largest absolute Gasteiger partial charge is 0.375 e. The van der Waals surface area contributed by atoms with Crippen LogP contribution in [0.2, 0.25) is 0 Å². The lowest BCUT2D eigenvalue weighted by molar-refractivity contribution is -0.0959. The van der Waals surface area contributed by atoms with E-state index in [-0.39, 0.29) is 11.5 Å². The van der Waals surface area contributed by atoms with Crippen molar-refractivity contribution in [2.24, 2.45) is 5.92 Å². The normalized spacial score (nSPS) is 26.5. The van der Waals surface area contributed by atoms with Gasteiger partial charge in [-0.05, 0) is 44.1 Å². The van der Waals surface area contributed by atoms with E-state index in [2.05, 4.69) is 4.98 Å². The van der Waals surface area contributed by atoms with Gasteiger partial charge in [0.25, 0.3) is 0 Å². The first-order valence-electron chi connectivity index (χ1n) is 6.86. The van der Waals surface area contributed by atoms with Crippen LogP contribution in [-0.4, -0.2) is 34.5 Å². The van der Waals surface area contributed by atoms with E-state index in [0.717, 1.165) is 42.9 Å². The van der Waals surface area contributed by atoms with E-state index in [1.165, 1.54) is 22.8 Å². The third-order valence-electron chi connectivity index (χ3n) is 4.24. The van der Waals surface area contributed by atoms with Crippen molar-refractivity contribution in [2.45, 2.75) is 38.2 Å². The van der Waals surface area contributed by atoms with E-state index in [1.807, 2.05) is 18.7 Å². The highest BCUT2D eigenvalue weighted by molar-refractivity contribution is 7.99. The molecule has 1 aromatic heterocycles. The monoisotopic (exact) mass is 297 g/mol. The smallest absolute Gasteiger partial charge is 0.177 e. The average molecular weight is 297 g/mol. The van der Waals surface area contributed by atoms with Gasteiger partial charge in [-0.15, -0.1) is 11.3 Å². The zero-order valence-corrected chi connectivity index (χ0v) is 12.8. The molecule has 0 bridgehead atoms. The first-order chi connectivity index (χ1) is 9.20. The van der Waals surface area contributed by atoms with Crippen LogP contribution in [-0.2, 0) is 4.74 Å². The Morgan fingerprint density at radius 2 is 2.26 bits per heavy atom. The molecule has 1 atom stereocenters. The number of carbonyl (C=O) groups excluding carboxylic acids is 1. The van der Waals surface area contributed by atoms with E-state index < -0.39 is 0 Å². The van der Waals surface area contributed by atoms with Crippen LogP contribution >= 0.6 is 23.1 Å². The molecule has 2 fully saturated rings. The molecule has 0 aromatic carbocycles. The fourth-order valence-corrected chi connectivity index (χ4v) is 5.13. The minimum atomic E-state index is -0.0115. The Bertz CT molecular complexity index is 460. The predicted molar refractivity (Wildman–Crippen MR) is 79.1 cm³/mol. The summed E-state index contributed by atoms with van der Waals surface area (Å²) in [5.74, 6) is 2.76. The maximum absolute atomic E-state index is 12.6. The van der Waals surface area contributed by atoms with Gasteiger partial charge < -0.3 is 4.74 Å². The highest BCUT2D eigenvalue weighted by atomic mass is 32.2. The van der Waals surface area contributed by atoms with Crippen LogP contribution in [0.4, 0.5) is 0 Å². The van der Waals surface area contributed by atoms with Gasteiger partial charge in [0, 0.05) is 12.5 Å². The van der Waals surface area contributed by atoms with Crippen LogP contribution in [0.3, 0.4) is 0 Å². The SMILES string of the molecule is Cc1ncsc1C(=O)C1CCOC2(CCSCC2)C1. The van der Waals surface area contributed by atoms with E-state index in [9.17, 15) is 4.79 Å².